The first-order chi connectivity index (χ1) is 11.6. The van der Waals surface area contributed by atoms with E-state index in [0.717, 1.165) is 11.4 Å². The number of methoxy groups -OCH3 is 3. The van der Waals surface area contributed by atoms with Crippen LogP contribution < -0.4 is 19.5 Å². The molecule has 8 nitrogen and oxygen atoms in total. The molecule has 0 spiro atoms. The van der Waals surface area contributed by atoms with Gasteiger partial charge in [-0.1, -0.05) is 0 Å². The van der Waals surface area contributed by atoms with Crippen LogP contribution in [0.3, 0.4) is 0 Å². The van der Waals surface area contributed by atoms with E-state index in [4.69, 9.17) is 14.2 Å². The molecule has 0 fully saturated rings. The van der Waals surface area contributed by atoms with Gasteiger partial charge in [-0.15, -0.1) is 10.2 Å². The number of benzene rings is 1. The standard InChI is InChI=1S/C16H22N4O4/c1-20-10-18-19-14(20)5-6-15(21)17-9-11-7-12(22-2)16(24-4)13(8-11)23-3/h7-8,10H,5-6,9H2,1-4H3,(H,17,21). The first-order valence-corrected chi connectivity index (χ1v) is 7.47. The maximum atomic E-state index is 12.0. The minimum atomic E-state index is -0.0632. The molecule has 0 aliphatic heterocycles. The van der Waals surface area contributed by atoms with E-state index in [2.05, 4.69) is 15.5 Å². The normalized spacial score (nSPS) is 10.3. The molecule has 0 saturated carbocycles. The number of carbonyl (C=O) groups is 1. The van der Waals surface area contributed by atoms with Gasteiger partial charge >= 0.3 is 0 Å². The minimum Gasteiger partial charge on any atom is -0.493 e. The summed E-state index contributed by atoms with van der Waals surface area (Å²) in [6, 6.07) is 3.62. The average molecular weight is 334 g/mol. The quantitative estimate of drug-likeness (QED) is 0.777. The van der Waals surface area contributed by atoms with Crippen molar-refractivity contribution in [2.24, 2.45) is 7.05 Å². The molecule has 0 atom stereocenters. The van der Waals surface area contributed by atoms with Gasteiger partial charge in [-0.05, 0) is 17.7 Å². The van der Waals surface area contributed by atoms with E-state index in [-0.39, 0.29) is 5.91 Å². The van der Waals surface area contributed by atoms with E-state index in [9.17, 15) is 4.79 Å². The fourth-order valence-electron chi connectivity index (χ4n) is 2.29. The van der Waals surface area contributed by atoms with Crippen molar-refractivity contribution in [3.05, 3.63) is 29.8 Å². The SMILES string of the molecule is COc1cc(CNC(=O)CCc2nncn2C)cc(OC)c1OC. The smallest absolute Gasteiger partial charge is 0.220 e. The molecule has 1 aromatic carbocycles. The predicted octanol–water partition coefficient (Wildman–Crippen LogP) is 1.09. The number of carbonyl (C=O) groups excluding carboxylic acids is 1. The first kappa shape index (κ1) is 17.6. The van der Waals surface area contributed by atoms with Gasteiger partial charge in [-0.2, -0.15) is 0 Å². The van der Waals surface area contributed by atoms with Crippen molar-refractivity contribution in [2.75, 3.05) is 21.3 Å². The van der Waals surface area contributed by atoms with Gasteiger partial charge in [-0.25, -0.2) is 0 Å². The number of hydrogen-bond donors (Lipinski definition) is 1. The fourth-order valence-corrected chi connectivity index (χ4v) is 2.29. The second-order valence-electron chi connectivity index (χ2n) is 5.17. The van der Waals surface area contributed by atoms with Crippen LogP contribution in [0, 0.1) is 0 Å². The van der Waals surface area contributed by atoms with Crippen LogP contribution in [0.2, 0.25) is 0 Å². The van der Waals surface area contributed by atoms with Crippen LogP contribution >= 0.6 is 0 Å². The molecule has 0 aliphatic carbocycles. The van der Waals surface area contributed by atoms with E-state index in [1.54, 1.807) is 32.2 Å². The number of nitrogens with zero attached hydrogens (tertiary/aromatic N) is 3. The van der Waals surface area contributed by atoms with Crippen LogP contribution in [0.25, 0.3) is 0 Å². The minimum absolute atomic E-state index is 0.0632. The van der Waals surface area contributed by atoms with Crippen molar-refractivity contribution in [3.8, 4) is 17.2 Å². The molecular weight excluding hydrogens is 312 g/mol. The molecule has 1 aromatic heterocycles. The molecule has 0 aliphatic rings. The Morgan fingerprint density at radius 3 is 2.33 bits per heavy atom. The second kappa shape index (κ2) is 8.19. The maximum absolute atomic E-state index is 12.0. The van der Waals surface area contributed by atoms with E-state index >= 15 is 0 Å². The van der Waals surface area contributed by atoms with E-state index < -0.39 is 0 Å². The van der Waals surface area contributed by atoms with Gasteiger partial charge in [0, 0.05) is 26.4 Å². The molecule has 24 heavy (non-hydrogen) atoms. The molecule has 0 saturated heterocycles. The lowest BCUT2D eigenvalue weighted by atomic mass is 10.1. The molecule has 1 amide bonds. The van der Waals surface area contributed by atoms with Crippen molar-refractivity contribution < 1.29 is 19.0 Å². The van der Waals surface area contributed by atoms with Crippen LogP contribution in [0.15, 0.2) is 18.5 Å². The van der Waals surface area contributed by atoms with E-state index in [1.165, 1.54) is 0 Å². The number of hydrogen-bond acceptors (Lipinski definition) is 6. The third-order valence-electron chi connectivity index (χ3n) is 3.60. The Kier molecular flexibility index (Phi) is 6.00. The van der Waals surface area contributed by atoms with Crippen LogP contribution in [0.1, 0.15) is 17.8 Å². The van der Waals surface area contributed by atoms with Gasteiger partial charge in [0.25, 0.3) is 0 Å². The van der Waals surface area contributed by atoms with Crippen molar-refractivity contribution in [1.82, 2.24) is 20.1 Å². The number of ether oxygens (including phenoxy) is 3. The van der Waals surface area contributed by atoms with Crippen LogP contribution in [0.5, 0.6) is 17.2 Å². The van der Waals surface area contributed by atoms with Gasteiger partial charge in [0.1, 0.15) is 12.2 Å². The van der Waals surface area contributed by atoms with Gasteiger partial charge in [0.15, 0.2) is 11.5 Å². The Labute approximate surface area is 140 Å². The summed E-state index contributed by atoms with van der Waals surface area (Å²) in [4.78, 5) is 12.0. The van der Waals surface area contributed by atoms with Gasteiger partial charge in [-0.3, -0.25) is 4.79 Å². The number of rotatable bonds is 8. The molecule has 2 aromatic rings. The molecule has 8 heteroatoms. The zero-order valence-corrected chi connectivity index (χ0v) is 14.3. The monoisotopic (exact) mass is 334 g/mol. The number of aryl methyl sites for hydroxylation is 2. The predicted molar refractivity (Wildman–Crippen MR) is 87.3 cm³/mol. The average Bonchev–Trinajstić information content (AvgIpc) is 3.01. The molecule has 1 heterocycles. The first-order valence-electron chi connectivity index (χ1n) is 7.47. The Bertz CT molecular complexity index is 674. The van der Waals surface area contributed by atoms with Gasteiger partial charge in [0.2, 0.25) is 11.7 Å². The van der Waals surface area contributed by atoms with Crippen molar-refractivity contribution in [3.63, 3.8) is 0 Å². The third kappa shape index (κ3) is 4.15. The molecule has 1 N–H and O–H groups in total. The van der Waals surface area contributed by atoms with Crippen LogP contribution in [0.4, 0.5) is 0 Å². The highest BCUT2D eigenvalue weighted by atomic mass is 16.5. The highest BCUT2D eigenvalue weighted by molar-refractivity contribution is 5.76. The number of nitrogens with one attached hydrogen (secondary N) is 1. The summed E-state index contributed by atoms with van der Waals surface area (Å²) in [6.45, 7) is 0.369. The van der Waals surface area contributed by atoms with Crippen molar-refractivity contribution >= 4 is 5.91 Å². The van der Waals surface area contributed by atoms with Crippen molar-refractivity contribution in [1.29, 1.82) is 0 Å². The molecule has 130 valence electrons. The highest BCUT2D eigenvalue weighted by Crippen LogP contribution is 2.38. The summed E-state index contributed by atoms with van der Waals surface area (Å²) in [5, 5.41) is 10.6. The van der Waals surface area contributed by atoms with Gasteiger partial charge < -0.3 is 24.1 Å². The number of aromatic nitrogens is 3. The second-order valence-corrected chi connectivity index (χ2v) is 5.17. The Balaban J connectivity index is 1.95. The number of amides is 1. The lowest BCUT2D eigenvalue weighted by Crippen LogP contribution is -2.23. The van der Waals surface area contributed by atoms with E-state index in [0.29, 0.717) is 36.6 Å². The Morgan fingerprint density at radius 1 is 1.17 bits per heavy atom. The lowest BCUT2D eigenvalue weighted by Gasteiger charge is -2.14. The van der Waals surface area contributed by atoms with Gasteiger partial charge in [0.05, 0.1) is 21.3 Å². The summed E-state index contributed by atoms with van der Waals surface area (Å²) in [5.74, 6) is 2.35. The summed E-state index contributed by atoms with van der Waals surface area (Å²) >= 11 is 0. The zero-order chi connectivity index (χ0) is 17.5. The topological polar surface area (TPSA) is 87.5 Å². The maximum Gasteiger partial charge on any atom is 0.220 e. The molecular formula is C16H22N4O4. The zero-order valence-electron chi connectivity index (χ0n) is 14.3. The molecule has 0 unspecified atom stereocenters. The summed E-state index contributed by atoms with van der Waals surface area (Å²) in [5.41, 5.74) is 0.858. The fraction of sp³-hybridized carbons (Fsp3) is 0.438. The third-order valence-corrected chi connectivity index (χ3v) is 3.60. The summed E-state index contributed by atoms with van der Waals surface area (Å²) < 4.78 is 17.7. The van der Waals surface area contributed by atoms with Crippen LogP contribution in [-0.4, -0.2) is 42.0 Å². The van der Waals surface area contributed by atoms with Crippen LogP contribution in [-0.2, 0) is 24.8 Å². The lowest BCUT2D eigenvalue weighted by molar-refractivity contribution is -0.121. The summed E-state index contributed by atoms with van der Waals surface area (Å²) in [7, 11) is 6.51. The molecule has 0 radical (unpaired) electrons. The highest BCUT2D eigenvalue weighted by Gasteiger charge is 2.13. The Hall–Kier alpha value is -2.77. The molecule has 0 bridgehead atoms. The van der Waals surface area contributed by atoms with E-state index in [1.807, 2.05) is 19.2 Å². The van der Waals surface area contributed by atoms with Crippen molar-refractivity contribution in [2.45, 2.75) is 19.4 Å². The molecule has 2 rings (SSSR count). The largest absolute Gasteiger partial charge is 0.493 e. The summed E-state index contributed by atoms with van der Waals surface area (Å²) in [6.07, 6.45) is 2.50. The Morgan fingerprint density at radius 2 is 1.83 bits per heavy atom.